The first-order chi connectivity index (χ1) is 9.97. The Morgan fingerprint density at radius 2 is 1.71 bits per heavy atom. The Bertz CT molecular complexity index is 654. The molecule has 0 aliphatic carbocycles. The second kappa shape index (κ2) is 6.26. The molecule has 5 heteroatoms. The van der Waals surface area contributed by atoms with Crippen LogP contribution >= 0.6 is 0 Å². The zero-order valence-corrected chi connectivity index (χ0v) is 12.5. The van der Waals surface area contributed by atoms with Crippen LogP contribution in [-0.4, -0.2) is 36.9 Å². The summed E-state index contributed by atoms with van der Waals surface area (Å²) in [7, 11) is 5.72. The Labute approximate surface area is 123 Å². The van der Waals surface area contributed by atoms with Crippen molar-refractivity contribution in [2.45, 2.75) is 6.54 Å². The fourth-order valence-electron chi connectivity index (χ4n) is 2.01. The van der Waals surface area contributed by atoms with Crippen molar-refractivity contribution >= 4 is 11.6 Å². The summed E-state index contributed by atoms with van der Waals surface area (Å²) in [5.41, 5.74) is 2.43. The Morgan fingerprint density at radius 1 is 1.05 bits per heavy atom. The molecular formula is C16H19N3O2. The Morgan fingerprint density at radius 3 is 2.24 bits per heavy atom. The van der Waals surface area contributed by atoms with Crippen LogP contribution in [0, 0.1) is 0 Å². The van der Waals surface area contributed by atoms with Crippen LogP contribution in [0.3, 0.4) is 0 Å². The van der Waals surface area contributed by atoms with Gasteiger partial charge in [-0.3, -0.25) is 9.59 Å². The summed E-state index contributed by atoms with van der Waals surface area (Å²) < 4.78 is 0. The van der Waals surface area contributed by atoms with Crippen molar-refractivity contribution in [3.05, 3.63) is 64.1 Å². The van der Waals surface area contributed by atoms with E-state index < -0.39 is 0 Å². The first kappa shape index (κ1) is 14.8. The highest BCUT2D eigenvalue weighted by Gasteiger charge is 2.12. The minimum atomic E-state index is -0.214. The van der Waals surface area contributed by atoms with E-state index in [1.807, 2.05) is 43.3 Å². The molecule has 0 unspecified atom stereocenters. The molecule has 0 saturated heterocycles. The molecule has 5 nitrogen and oxygen atoms in total. The van der Waals surface area contributed by atoms with Crippen LogP contribution in [0.25, 0.3) is 0 Å². The standard InChI is InChI=1S/C16H19N3O2/c1-18(2)14-7-4-12(5-8-14)11-19(3)16(21)13-6-9-15(20)17-10-13/h4-10H,11H2,1-3H3,(H,17,20). The van der Waals surface area contributed by atoms with Gasteiger partial charge in [0.1, 0.15) is 0 Å². The molecule has 2 aromatic rings. The summed E-state index contributed by atoms with van der Waals surface area (Å²) in [5, 5.41) is 0. The largest absolute Gasteiger partial charge is 0.378 e. The third-order valence-electron chi connectivity index (χ3n) is 3.25. The highest BCUT2D eigenvalue weighted by Crippen LogP contribution is 2.14. The maximum absolute atomic E-state index is 12.2. The molecule has 0 radical (unpaired) electrons. The molecule has 0 fully saturated rings. The van der Waals surface area contributed by atoms with Crippen LogP contribution in [0.2, 0.25) is 0 Å². The molecule has 1 N–H and O–H groups in total. The number of benzene rings is 1. The summed E-state index contributed by atoms with van der Waals surface area (Å²) in [5.74, 6) is -0.122. The molecule has 0 saturated carbocycles. The Kier molecular flexibility index (Phi) is 4.42. The summed E-state index contributed by atoms with van der Waals surface area (Å²) in [6.45, 7) is 0.520. The van der Waals surface area contributed by atoms with Crippen molar-refractivity contribution in [2.24, 2.45) is 0 Å². The van der Waals surface area contributed by atoms with Gasteiger partial charge in [-0.05, 0) is 23.8 Å². The topological polar surface area (TPSA) is 56.4 Å². The molecule has 110 valence electrons. The van der Waals surface area contributed by atoms with Gasteiger partial charge in [0, 0.05) is 45.6 Å². The van der Waals surface area contributed by atoms with E-state index in [-0.39, 0.29) is 11.5 Å². The molecule has 0 spiro atoms. The highest BCUT2D eigenvalue weighted by molar-refractivity contribution is 5.93. The fourth-order valence-corrected chi connectivity index (χ4v) is 2.01. The third-order valence-corrected chi connectivity index (χ3v) is 3.25. The number of rotatable bonds is 4. The fraction of sp³-hybridized carbons (Fsp3) is 0.250. The van der Waals surface area contributed by atoms with Crippen molar-refractivity contribution in [3.8, 4) is 0 Å². The lowest BCUT2D eigenvalue weighted by Crippen LogP contribution is -2.26. The molecule has 21 heavy (non-hydrogen) atoms. The second-order valence-electron chi connectivity index (χ2n) is 5.16. The Hall–Kier alpha value is -2.56. The van der Waals surface area contributed by atoms with Crippen molar-refractivity contribution in [2.75, 3.05) is 26.0 Å². The van der Waals surface area contributed by atoms with Crippen molar-refractivity contribution in [3.63, 3.8) is 0 Å². The van der Waals surface area contributed by atoms with Crippen LogP contribution in [0.1, 0.15) is 15.9 Å². The van der Waals surface area contributed by atoms with E-state index in [4.69, 9.17) is 0 Å². The molecule has 1 amide bonds. The summed E-state index contributed by atoms with van der Waals surface area (Å²) >= 11 is 0. The number of pyridine rings is 1. The lowest BCUT2D eigenvalue weighted by molar-refractivity contribution is 0.0784. The van der Waals surface area contributed by atoms with Gasteiger partial charge in [0.25, 0.3) is 5.91 Å². The van der Waals surface area contributed by atoms with Gasteiger partial charge in [-0.25, -0.2) is 0 Å². The number of carbonyl (C=O) groups excluding carboxylic acids is 1. The van der Waals surface area contributed by atoms with E-state index in [1.54, 1.807) is 11.9 Å². The maximum atomic E-state index is 12.2. The zero-order chi connectivity index (χ0) is 15.4. The van der Waals surface area contributed by atoms with Gasteiger partial charge in [-0.1, -0.05) is 12.1 Å². The van der Waals surface area contributed by atoms with E-state index in [2.05, 4.69) is 4.98 Å². The van der Waals surface area contributed by atoms with Crippen LogP contribution in [0.4, 0.5) is 5.69 Å². The van der Waals surface area contributed by atoms with Gasteiger partial charge in [-0.15, -0.1) is 0 Å². The number of nitrogens with one attached hydrogen (secondary N) is 1. The molecule has 1 aromatic carbocycles. The second-order valence-corrected chi connectivity index (χ2v) is 5.16. The van der Waals surface area contributed by atoms with Gasteiger partial charge < -0.3 is 14.8 Å². The number of anilines is 1. The normalized spacial score (nSPS) is 10.2. The predicted octanol–water partition coefficient (Wildman–Crippen LogP) is 1.71. The number of aromatic nitrogens is 1. The number of hydrogen-bond donors (Lipinski definition) is 1. The minimum absolute atomic E-state index is 0.122. The van der Waals surface area contributed by atoms with Crippen molar-refractivity contribution < 1.29 is 4.79 Å². The van der Waals surface area contributed by atoms with Gasteiger partial charge in [0.05, 0.1) is 5.56 Å². The van der Waals surface area contributed by atoms with Crippen LogP contribution in [0.5, 0.6) is 0 Å². The number of nitrogens with zero attached hydrogens (tertiary/aromatic N) is 2. The third kappa shape index (κ3) is 3.72. The number of amides is 1. The lowest BCUT2D eigenvalue weighted by Gasteiger charge is -2.18. The van der Waals surface area contributed by atoms with Crippen LogP contribution < -0.4 is 10.5 Å². The first-order valence-corrected chi connectivity index (χ1v) is 6.68. The molecule has 1 aromatic heterocycles. The average Bonchev–Trinajstić information content (AvgIpc) is 2.47. The number of H-pyrrole nitrogens is 1. The first-order valence-electron chi connectivity index (χ1n) is 6.68. The van der Waals surface area contributed by atoms with E-state index >= 15 is 0 Å². The molecule has 0 atom stereocenters. The van der Waals surface area contributed by atoms with Crippen molar-refractivity contribution in [1.29, 1.82) is 0 Å². The van der Waals surface area contributed by atoms with E-state index in [9.17, 15) is 9.59 Å². The van der Waals surface area contributed by atoms with E-state index in [0.717, 1.165) is 11.3 Å². The smallest absolute Gasteiger partial charge is 0.255 e. The minimum Gasteiger partial charge on any atom is -0.378 e. The Balaban J connectivity index is 2.06. The van der Waals surface area contributed by atoms with Gasteiger partial charge >= 0.3 is 0 Å². The van der Waals surface area contributed by atoms with Gasteiger partial charge in [0.2, 0.25) is 5.56 Å². The molecule has 0 aliphatic heterocycles. The number of aromatic amines is 1. The van der Waals surface area contributed by atoms with E-state index in [1.165, 1.54) is 18.3 Å². The molecule has 0 aliphatic rings. The van der Waals surface area contributed by atoms with Gasteiger partial charge in [-0.2, -0.15) is 0 Å². The average molecular weight is 285 g/mol. The van der Waals surface area contributed by atoms with Crippen molar-refractivity contribution in [1.82, 2.24) is 9.88 Å². The lowest BCUT2D eigenvalue weighted by atomic mass is 10.1. The summed E-state index contributed by atoms with van der Waals surface area (Å²) in [4.78, 5) is 29.4. The zero-order valence-electron chi connectivity index (χ0n) is 12.5. The number of hydrogen-bond acceptors (Lipinski definition) is 3. The molecular weight excluding hydrogens is 266 g/mol. The summed E-state index contributed by atoms with van der Waals surface area (Å²) in [6.07, 6.45) is 1.44. The van der Waals surface area contributed by atoms with Crippen LogP contribution in [-0.2, 0) is 6.54 Å². The number of carbonyl (C=O) groups is 1. The summed E-state index contributed by atoms with van der Waals surface area (Å²) in [6, 6.07) is 10.9. The monoisotopic (exact) mass is 285 g/mol. The highest BCUT2D eigenvalue weighted by atomic mass is 16.2. The van der Waals surface area contributed by atoms with Crippen LogP contribution in [0.15, 0.2) is 47.4 Å². The van der Waals surface area contributed by atoms with Gasteiger partial charge in [0.15, 0.2) is 0 Å². The SMILES string of the molecule is CN(Cc1ccc(N(C)C)cc1)C(=O)c1ccc(=O)[nH]c1. The molecule has 2 rings (SSSR count). The predicted molar refractivity (Wildman–Crippen MR) is 83.6 cm³/mol. The van der Waals surface area contributed by atoms with E-state index in [0.29, 0.717) is 12.1 Å². The maximum Gasteiger partial charge on any atom is 0.255 e. The quantitative estimate of drug-likeness (QED) is 0.930. The molecule has 1 heterocycles. The molecule has 0 bridgehead atoms.